The summed E-state index contributed by atoms with van der Waals surface area (Å²) < 4.78 is 57.3. The van der Waals surface area contributed by atoms with Crippen LogP contribution in [-0.4, -0.2) is 29.1 Å². The zero-order chi connectivity index (χ0) is 26.7. The molecule has 37 heavy (non-hydrogen) atoms. The van der Waals surface area contributed by atoms with E-state index in [0.717, 1.165) is 18.9 Å². The van der Waals surface area contributed by atoms with E-state index in [0.29, 0.717) is 41.3 Å². The summed E-state index contributed by atoms with van der Waals surface area (Å²) in [4.78, 5) is 14.2. The van der Waals surface area contributed by atoms with Crippen molar-refractivity contribution in [3.8, 4) is 11.1 Å². The normalized spacial score (nSPS) is 16.9. The minimum atomic E-state index is -4.74. The minimum absolute atomic E-state index is 0.0252. The highest BCUT2D eigenvalue weighted by atomic mass is 19.4. The van der Waals surface area contributed by atoms with Crippen molar-refractivity contribution in [3.05, 3.63) is 94.8 Å². The predicted octanol–water partition coefficient (Wildman–Crippen LogP) is 7.91. The molecular formula is C30H31F4NO2. The van der Waals surface area contributed by atoms with E-state index in [4.69, 9.17) is 0 Å². The fourth-order valence-electron chi connectivity index (χ4n) is 5.31. The van der Waals surface area contributed by atoms with E-state index in [1.165, 1.54) is 18.2 Å². The van der Waals surface area contributed by atoms with Gasteiger partial charge in [-0.05, 0) is 90.4 Å². The summed E-state index contributed by atoms with van der Waals surface area (Å²) in [6.07, 6.45) is -2.91. The Hall–Kier alpha value is -3.19. The number of benzene rings is 3. The summed E-state index contributed by atoms with van der Waals surface area (Å²) in [6.45, 7) is 5.11. The Balaban J connectivity index is 2.03. The van der Waals surface area contributed by atoms with Crippen molar-refractivity contribution >= 4 is 5.97 Å². The quantitative estimate of drug-likeness (QED) is 0.326. The van der Waals surface area contributed by atoms with Crippen LogP contribution in [0.25, 0.3) is 11.1 Å². The number of hydrogen-bond donors (Lipinski definition) is 1. The van der Waals surface area contributed by atoms with Crippen LogP contribution in [0.4, 0.5) is 17.6 Å². The number of piperidine rings is 1. The van der Waals surface area contributed by atoms with Crippen LogP contribution in [0.1, 0.15) is 67.3 Å². The van der Waals surface area contributed by atoms with Gasteiger partial charge in [0.15, 0.2) is 0 Å². The van der Waals surface area contributed by atoms with Gasteiger partial charge in [0.25, 0.3) is 0 Å². The molecule has 1 fully saturated rings. The lowest BCUT2D eigenvalue weighted by Crippen LogP contribution is -2.37. The minimum Gasteiger partial charge on any atom is -0.481 e. The van der Waals surface area contributed by atoms with Gasteiger partial charge in [0, 0.05) is 0 Å². The summed E-state index contributed by atoms with van der Waals surface area (Å²) in [6, 6.07) is 17.0. The molecule has 7 heteroatoms. The highest BCUT2D eigenvalue weighted by Crippen LogP contribution is 2.45. The molecule has 1 aliphatic heterocycles. The van der Waals surface area contributed by atoms with Gasteiger partial charge in [-0.1, -0.05) is 56.3 Å². The number of aliphatic carboxylic acids is 1. The van der Waals surface area contributed by atoms with Crippen LogP contribution in [0.2, 0.25) is 0 Å². The molecule has 3 aromatic rings. The zero-order valence-electron chi connectivity index (χ0n) is 20.9. The van der Waals surface area contributed by atoms with Gasteiger partial charge < -0.3 is 5.11 Å². The lowest BCUT2D eigenvalue weighted by molar-refractivity contribution is -0.141. The number of halogens is 4. The summed E-state index contributed by atoms with van der Waals surface area (Å²) in [5.41, 5.74) is 1.20. The standard InChI is InChI=1S/C30H31F4NO2/c1-3-23(29(36)37)25-17-24(20-7-5-4-6-8-20)26(18-27(25)30(32,33)34)28(21-9-11-22(31)12-10-21)35-15-13-19(2)14-16-35/h4-12,17-19,23,28H,3,13-16H2,1-2H3,(H,36,37)/t23-,28-/m0/s1. The molecule has 0 aliphatic carbocycles. The van der Waals surface area contributed by atoms with Crippen LogP contribution >= 0.6 is 0 Å². The Labute approximate surface area is 214 Å². The van der Waals surface area contributed by atoms with Crippen molar-refractivity contribution in [1.29, 1.82) is 0 Å². The number of rotatable bonds is 7. The second kappa shape index (κ2) is 11.1. The fourth-order valence-corrected chi connectivity index (χ4v) is 5.31. The Kier molecular flexibility index (Phi) is 8.02. The molecule has 1 saturated heterocycles. The van der Waals surface area contributed by atoms with Crippen LogP contribution < -0.4 is 0 Å². The van der Waals surface area contributed by atoms with Gasteiger partial charge in [0.05, 0.1) is 17.5 Å². The van der Waals surface area contributed by atoms with E-state index in [9.17, 15) is 27.5 Å². The maximum Gasteiger partial charge on any atom is 0.416 e. The molecule has 3 aromatic carbocycles. The molecule has 3 nitrogen and oxygen atoms in total. The Morgan fingerprint density at radius 3 is 2.16 bits per heavy atom. The fraction of sp³-hybridized carbons (Fsp3) is 0.367. The maximum absolute atomic E-state index is 14.5. The number of carboxylic acids is 1. The first kappa shape index (κ1) is 26.9. The number of carbonyl (C=O) groups is 1. The number of nitrogens with zero attached hydrogens (tertiary/aromatic N) is 1. The molecule has 0 bridgehead atoms. The number of alkyl halides is 3. The second-order valence-electron chi connectivity index (χ2n) is 9.86. The van der Waals surface area contributed by atoms with Crippen LogP contribution in [0.3, 0.4) is 0 Å². The average Bonchev–Trinajstić information content (AvgIpc) is 2.87. The molecule has 0 aromatic heterocycles. The molecule has 0 spiro atoms. The molecule has 1 N–H and O–H groups in total. The molecule has 1 heterocycles. The largest absolute Gasteiger partial charge is 0.481 e. The highest BCUT2D eigenvalue weighted by Gasteiger charge is 2.39. The molecule has 2 atom stereocenters. The van der Waals surface area contributed by atoms with Crippen molar-refractivity contribution in [2.45, 2.75) is 51.2 Å². The van der Waals surface area contributed by atoms with Gasteiger partial charge >= 0.3 is 12.1 Å². The van der Waals surface area contributed by atoms with Crippen LogP contribution in [0.15, 0.2) is 66.7 Å². The van der Waals surface area contributed by atoms with Crippen molar-refractivity contribution in [3.63, 3.8) is 0 Å². The summed E-state index contributed by atoms with van der Waals surface area (Å²) in [5.74, 6) is -2.50. The van der Waals surface area contributed by atoms with E-state index in [-0.39, 0.29) is 12.0 Å². The van der Waals surface area contributed by atoms with Gasteiger partial charge in [-0.3, -0.25) is 9.69 Å². The smallest absolute Gasteiger partial charge is 0.416 e. The summed E-state index contributed by atoms with van der Waals surface area (Å²) in [5, 5.41) is 9.78. The van der Waals surface area contributed by atoms with Gasteiger partial charge in [-0.15, -0.1) is 0 Å². The van der Waals surface area contributed by atoms with Gasteiger partial charge in [0.1, 0.15) is 5.82 Å². The van der Waals surface area contributed by atoms with Crippen molar-refractivity contribution in [1.82, 2.24) is 4.90 Å². The van der Waals surface area contributed by atoms with Crippen molar-refractivity contribution < 1.29 is 27.5 Å². The number of hydrogen-bond acceptors (Lipinski definition) is 2. The number of carboxylic acid groups (broad SMARTS) is 1. The van der Waals surface area contributed by atoms with Crippen molar-refractivity contribution in [2.24, 2.45) is 5.92 Å². The van der Waals surface area contributed by atoms with Gasteiger partial charge in [-0.2, -0.15) is 13.2 Å². The topological polar surface area (TPSA) is 40.5 Å². The van der Waals surface area contributed by atoms with Crippen LogP contribution in [0.5, 0.6) is 0 Å². The van der Waals surface area contributed by atoms with E-state index >= 15 is 0 Å². The number of likely N-dealkylation sites (tertiary alicyclic amines) is 1. The molecule has 0 unspecified atom stereocenters. The third-order valence-electron chi connectivity index (χ3n) is 7.36. The van der Waals surface area contributed by atoms with Crippen molar-refractivity contribution in [2.75, 3.05) is 13.1 Å². The van der Waals surface area contributed by atoms with Gasteiger partial charge in [-0.25, -0.2) is 4.39 Å². The molecule has 4 rings (SSSR count). The molecule has 1 aliphatic rings. The predicted molar refractivity (Wildman–Crippen MR) is 136 cm³/mol. The van der Waals surface area contributed by atoms with E-state index in [1.54, 1.807) is 31.2 Å². The van der Waals surface area contributed by atoms with Gasteiger partial charge in [0.2, 0.25) is 0 Å². The third-order valence-corrected chi connectivity index (χ3v) is 7.36. The molecular weight excluding hydrogens is 482 g/mol. The highest BCUT2D eigenvalue weighted by molar-refractivity contribution is 5.79. The first-order chi connectivity index (χ1) is 17.6. The SMILES string of the molecule is CC[C@H](C(=O)O)c1cc(-c2ccccc2)c([C@H](c2ccc(F)cc2)N2CCC(C)CC2)cc1C(F)(F)F. The molecule has 0 amide bonds. The average molecular weight is 514 g/mol. The Bertz CT molecular complexity index is 1220. The third kappa shape index (κ3) is 5.87. The van der Waals surface area contributed by atoms with E-state index in [2.05, 4.69) is 11.8 Å². The molecule has 196 valence electrons. The lowest BCUT2D eigenvalue weighted by atomic mass is 9.82. The van der Waals surface area contributed by atoms with E-state index in [1.807, 2.05) is 18.2 Å². The van der Waals surface area contributed by atoms with E-state index < -0.39 is 35.5 Å². The molecule has 0 radical (unpaired) electrons. The lowest BCUT2D eigenvalue weighted by Gasteiger charge is -2.38. The monoisotopic (exact) mass is 513 g/mol. The maximum atomic E-state index is 14.5. The summed E-state index contributed by atoms with van der Waals surface area (Å²) >= 11 is 0. The molecule has 0 saturated carbocycles. The summed E-state index contributed by atoms with van der Waals surface area (Å²) in [7, 11) is 0. The van der Waals surface area contributed by atoms with Crippen LogP contribution in [-0.2, 0) is 11.0 Å². The zero-order valence-corrected chi connectivity index (χ0v) is 20.9. The van der Waals surface area contributed by atoms with Crippen LogP contribution in [0, 0.1) is 11.7 Å². The Morgan fingerprint density at radius 2 is 1.62 bits per heavy atom. The first-order valence-electron chi connectivity index (χ1n) is 12.6. The Morgan fingerprint density at radius 1 is 1.00 bits per heavy atom. The second-order valence-corrected chi connectivity index (χ2v) is 9.86. The first-order valence-corrected chi connectivity index (χ1v) is 12.6.